The molecule has 0 radical (unpaired) electrons. The minimum Gasteiger partial charge on any atom is -0.478 e. The van der Waals surface area contributed by atoms with Crippen LogP contribution in [0.25, 0.3) is 10.9 Å². The first kappa shape index (κ1) is 12.4. The molecule has 0 spiro atoms. The Morgan fingerprint density at radius 1 is 1.15 bits per heavy atom. The molecule has 3 rings (SSSR count). The van der Waals surface area contributed by atoms with Gasteiger partial charge in [0.15, 0.2) is 0 Å². The molecule has 1 N–H and O–H groups in total. The zero-order chi connectivity index (χ0) is 14.1. The zero-order valence-electron chi connectivity index (χ0n) is 10.6. The Morgan fingerprint density at radius 3 is 2.75 bits per heavy atom. The SMILES string of the molecule is O=C(O)c1ccc2c(ccn2Cc2cccc(F)c2)c1. The van der Waals surface area contributed by atoms with Crippen molar-refractivity contribution in [3.63, 3.8) is 0 Å². The lowest BCUT2D eigenvalue weighted by Gasteiger charge is -2.06. The van der Waals surface area contributed by atoms with E-state index in [9.17, 15) is 9.18 Å². The number of fused-ring (bicyclic) bond motifs is 1. The molecule has 0 amide bonds. The molecule has 0 saturated heterocycles. The van der Waals surface area contributed by atoms with E-state index in [0.29, 0.717) is 6.54 Å². The number of halogens is 1. The third kappa shape index (κ3) is 2.28. The average Bonchev–Trinajstić information content (AvgIpc) is 2.81. The maximum Gasteiger partial charge on any atom is 0.335 e. The van der Waals surface area contributed by atoms with Gasteiger partial charge in [0.1, 0.15) is 5.82 Å². The smallest absolute Gasteiger partial charge is 0.335 e. The first-order valence-electron chi connectivity index (χ1n) is 6.20. The highest BCUT2D eigenvalue weighted by Crippen LogP contribution is 2.19. The van der Waals surface area contributed by atoms with E-state index >= 15 is 0 Å². The van der Waals surface area contributed by atoms with Crippen LogP contribution in [0.15, 0.2) is 54.7 Å². The van der Waals surface area contributed by atoms with Crippen LogP contribution in [0.4, 0.5) is 4.39 Å². The maximum atomic E-state index is 13.2. The second-order valence-electron chi connectivity index (χ2n) is 4.65. The number of carboxylic acids is 1. The molecule has 100 valence electrons. The van der Waals surface area contributed by atoms with Crippen molar-refractivity contribution in [2.24, 2.45) is 0 Å². The molecular formula is C16H12FNO2. The predicted octanol–water partition coefficient (Wildman–Crippen LogP) is 3.53. The van der Waals surface area contributed by atoms with Crippen molar-refractivity contribution < 1.29 is 14.3 Å². The Morgan fingerprint density at radius 2 is 2.00 bits per heavy atom. The van der Waals surface area contributed by atoms with Crippen molar-refractivity contribution in [3.8, 4) is 0 Å². The van der Waals surface area contributed by atoms with Crippen molar-refractivity contribution in [1.82, 2.24) is 4.57 Å². The van der Waals surface area contributed by atoms with Crippen LogP contribution in [0.2, 0.25) is 0 Å². The monoisotopic (exact) mass is 269 g/mol. The molecule has 0 bridgehead atoms. The Balaban J connectivity index is 1.98. The summed E-state index contributed by atoms with van der Waals surface area (Å²) in [5, 5.41) is 9.83. The molecule has 20 heavy (non-hydrogen) atoms. The van der Waals surface area contributed by atoms with Crippen LogP contribution in [0.1, 0.15) is 15.9 Å². The number of carbonyl (C=O) groups is 1. The number of rotatable bonds is 3. The van der Waals surface area contributed by atoms with Crippen LogP contribution in [-0.2, 0) is 6.54 Å². The van der Waals surface area contributed by atoms with Crippen molar-refractivity contribution in [1.29, 1.82) is 0 Å². The quantitative estimate of drug-likeness (QED) is 0.790. The molecule has 3 aromatic rings. The number of hydrogen-bond acceptors (Lipinski definition) is 1. The fourth-order valence-electron chi connectivity index (χ4n) is 2.30. The second-order valence-corrected chi connectivity index (χ2v) is 4.65. The standard InChI is InChI=1S/C16H12FNO2/c17-14-3-1-2-11(8-14)10-18-7-6-12-9-13(16(19)20)4-5-15(12)18/h1-9H,10H2,(H,19,20). The molecule has 0 aliphatic heterocycles. The van der Waals surface area contributed by atoms with E-state index in [1.165, 1.54) is 12.1 Å². The summed E-state index contributed by atoms with van der Waals surface area (Å²) in [4.78, 5) is 10.9. The number of hydrogen-bond donors (Lipinski definition) is 1. The highest BCUT2D eigenvalue weighted by atomic mass is 19.1. The lowest BCUT2D eigenvalue weighted by atomic mass is 10.1. The van der Waals surface area contributed by atoms with Gasteiger partial charge in [-0.05, 0) is 42.0 Å². The van der Waals surface area contributed by atoms with Gasteiger partial charge < -0.3 is 9.67 Å². The fraction of sp³-hybridized carbons (Fsp3) is 0.0625. The normalized spacial score (nSPS) is 10.8. The molecule has 3 nitrogen and oxygen atoms in total. The van der Waals surface area contributed by atoms with Crippen LogP contribution in [-0.4, -0.2) is 15.6 Å². The predicted molar refractivity (Wildman–Crippen MR) is 74.4 cm³/mol. The maximum absolute atomic E-state index is 13.2. The van der Waals surface area contributed by atoms with E-state index in [-0.39, 0.29) is 11.4 Å². The van der Waals surface area contributed by atoms with Gasteiger partial charge in [0.05, 0.1) is 5.56 Å². The van der Waals surface area contributed by atoms with Gasteiger partial charge in [-0.2, -0.15) is 0 Å². The van der Waals surface area contributed by atoms with Crippen LogP contribution in [0, 0.1) is 5.82 Å². The minimum absolute atomic E-state index is 0.257. The summed E-state index contributed by atoms with van der Waals surface area (Å²) in [7, 11) is 0. The summed E-state index contributed by atoms with van der Waals surface area (Å²) < 4.78 is 15.1. The molecule has 0 fully saturated rings. The molecule has 1 aromatic heterocycles. The number of benzene rings is 2. The van der Waals surface area contributed by atoms with Gasteiger partial charge in [-0.15, -0.1) is 0 Å². The first-order valence-corrected chi connectivity index (χ1v) is 6.20. The Hall–Kier alpha value is -2.62. The Kier molecular flexibility index (Phi) is 2.99. The molecule has 0 aliphatic rings. The third-order valence-corrected chi connectivity index (χ3v) is 3.26. The van der Waals surface area contributed by atoms with Crippen LogP contribution >= 0.6 is 0 Å². The summed E-state index contributed by atoms with van der Waals surface area (Å²) >= 11 is 0. The third-order valence-electron chi connectivity index (χ3n) is 3.26. The number of aromatic carboxylic acids is 1. The minimum atomic E-state index is -0.940. The van der Waals surface area contributed by atoms with Gasteiger partial charge in [-0.1, -0.05) is 12.1 Å². The van der Waals surface area contributed by atoms with Gasteiger partial charge in [0.2, 0.25) is 0 Å². The van der Waals surface area contributed by atoms with E-state index < -0.39 is 5.97 Å². The lowest BCUT2D eigenvalue weighted by molar-refractivity contribution is 0.0697. The van der Waals surface area contributed by atoms with Crippen LogP contribution < -0.4 is 0 Å². The molecule has 4 heteroatoms. The van der Waals surface area contributed by atoms with Crippen molar-refractivity contribution in [3.05, 3.63) is 71.7 Å². The molecule has 2 aromatic carbocycles. The molecule has 1 heterocycles. The fourth-order valence-corrected chi connectivity index (χ4v) is 2.30. The summed E-state index contributed by atoms with van der Waals surface area (Å²) in [6.45, 7) is 0.549. The summed E-state index contributed by atoms with van der Waals surface area (Å²) in [6, 6.07) is 13.3. The largest absolute Gasteiger partial charge is 0.478 e. The zero-order valence-corrected chi connectivity index (χ0v) is 10.6. The number of carboxylic acid groups (broad SMARTS) is 1. The summed E-state index contributed by atoms with van der Waals surface area (Å²) in [5.74, 6) is -1.20. The number of aromatic nitrogens is 1. The Bertz CT molecular complexity index is 792. The van der Waals surface area contributed by atoms with Crippen molar-refractivity contribution in [2.75, 3.05) is 0 Å². The second kappa shape index (κ2) is 4.81. The highest BCUT2D eigenvalue weighted by Gasteiger charge is 2.07. The first-order chi connectivity index (χ1) is 9.63. The van der Waals surface area contributed by atoms with Crippen LogP contribution in [0.3, 0.4) is 0 Å². The van der Waals surface area contributed by atoms with Gasteiger partial charge in [0, 0.05) is 23.6 Å². The molecule has 0 aliphatic carbocycles. The van der Waals surface area contributed by atoms with Crippen molar-refractivity contribution in [2.45, 2.75) is 6.54 Å². The van der Waals surface area contributed by atoms with E-state index in [2.05, 4.69) is 0 Å². The number of nitrogens with zero attached hydrogens (tertiary/aromatic N) is 1. The van der Waals surface area contributed by atoms with E-state index in [4.69, 9.17) is 5.11 Å². The van der Waals surface area contributed by atoms with Gasteiger partial charge in [-0.3, -0.25) is 0 Å². The van der Waals surface area contributed by atoms with Gasteiger partial charge in [-0.25, -0.2) is 9.18 Å². The topological polar surface area (TPSA) is 42.2 Å². The molecule has 0 unspecified atom stereocenters. The van der Waals surface area contributed by atoms with E-state index in [0.717, 1.165) is 16.5 Å². The van der Waals surface area contributed by atoms with Gasteiger partial charge >= 0.3 is 5.97 Å². The summed E-state index contributed by atoms with van der Waals surface area (Å²) in [5.41, 5.74) is 2.06. The molecular weight excluding hydrogens is 257 g/mol. The molecule has 0 atom stereocenters. The van der Waals surface area contributed by atoms with E-state index in [1.54, 1.807) is 24.3 Å². The lowest BCUT2D eigenvalue weighted by Crippen LogP contribution is -1.99. The molecule has 0 saturated carbocycles. The van der Waals surface area contributed by atoms with Gasteiger partial charge in [0.25, 0.3) is 0 Å². The van der Waals surface area contributed by atoms with Crippen molar-refractivity contribution >= 4 is 16.9 Å². The highest BCUT2D eigenvalue weighted by molar-refractivity contribution is 5.93. The van der Waals surface area contributed by atoms with E-state index in [1.807, 2.05) is 22.9 Å². The Labute approximate surface area is 114 Å². The summed E-state index contributed by atoms with van der Waals surface area (Å²) in [6.07, 6.45) is 1.88. The average molecular weight is 269 g/mol. The van der Waals surface area contributed by atoms with Crippen LogP contribution in [0.5, 0.6) is 0 Å².